The van der Waals surface area contributed by atoms with Gasteiger partial charge in [0, 0.05) is 17.8 Å². The fraction of sp³-hybridized carbons (Fsp3) is 0.308. The Morgan fingerprint density at radius 2 is 2.16 bits per heavy atom. The highest BCUT2D eigenvalue weighted by molar-refractivity contribution is 5.93. The summed E-state index contributed by atoms with van der Waals surface area (Å²) >= 11 is 0. The zero-order valence-electron chi connectivity index (χ0n) is 10.7. The lowest BCUT2D eigenvalue weighted by atomic mass is 10.2. The molecule has 0 aliphatic rings. The Morgan fingerprint density at radius 3 is 2.68 bits per heavy atom. The van der Waals surface area contributed by atoms with Gasteiger partial charge in [-0.1, -0.05) is 6.08 Å². The molecule has 102 valence electrons. The maximum absolute atomic E-state index is 11.7. The number of non-ortho nitro benzene ring substituents is 1. The third kappa shape index (κ3) is 4.89. The van der Waals surface area contributed by atoms with Gasteiger partial charge in [0.1, 0.15) is 6.10 Å². The number of nitro benzene ring substituents is 1. The van der Waals surface area contributed by atoms with Gasteiger partial charge >= 0.3 is 0 Å². The van der Waals surface area contributed by atoms with Gasteiger partial charge in [0.25, 0.3) is 11.6 Å². The van der Waals surface area contributed by atoms with Crippen LogP contribution in [0.4, 0.5) is 11.4 Å². The van der Waals surface area contributed by atoms with E-state index in [1.54, 1.807) is 13.0 Å². The lowest BCUT2D eigenvalue weighted by Gasteiger charge is -2.12. The van der Waals surface area contributed by atoms with E-state index >= 15 is 0 Å². The van der Waals surface area contributed by atoms with Crippen LogP contribution in [0.25, 0.3) is 0 Å². The molecular formula is C13H16N2O4. The van der Waals surface area contributed by atoms with Crippen molar-refractivity contribution in [1.29, 1.82) is 0 Å². The summed E-state index contributed by atoms with van der Waals surface area (Å²) < 4.78 is 5.29. The predicted molar refractivity (Wildman–Crippen MR) is 72.0 cm³/mol. The van der Waals surface area contributed by atoms with Gasteiger partial charge in [-0.05, 0) is 25.5 Å². The summed E-state index contributed by atoms with van der Waals surface area (Å²) in [6.07, 6.45) is 1.80. The summed E-state index contributed by atoms with van der Waals surface area (Å²) in [5, 5.41) is 13.1. The average molecular weight is 264 g/mol. The third-order valence-corrected chi connectivity index (χ3v) is 2.40. The topological polar surface area (TPSA) is 81.5 Å². The van der Waals surface area contributed by atoms with Crippen LogP contribution in [0.1, 0.15) is 13.3 Å². The van der Waals surface area contributed by atoms with Gasteiger partial charge < -0.3 is 10.1 Å². The number of hydrogen-bond donors (Lipinski definition) is 1. The van der Waals surface area contributed by atoms with E-state index in [1.165, 1.54) is 24.3 Å². The molecule has 0 heterocycles. The van der Waals surface area contributed by atoms with Gasteiger partial charge in [-0.2, -0.15) is 0 Å². The molecule has 0 aliphatic heterocycles. The van der Waals surface area contributed by atoms with Crippen LogP contribution in [0.2, 0.25) is 0 Å². The van der Waals surface area contributed by atoms with Crippen molar-refractivity contribution in [1.82, 2.24) is 0 Å². The van der Waals surface area contributed by atoms with Gasteiger partial charge in [-0.15, -0.1) is 6.58 Å². The van der Waals surface area contributed by atoms with E-state index < -0.39 is 11.0 Å². The number of anilines is 1. The first-order chi connectivity index (χ1) is 9.04. The smallest absolute Gasteiger partial charge is 0.269 e. The van der Waals surface area contributed by atoms with Gasteiger partial charge in [0.15, 0.2) is 0 Å². The van der Waals surface area contributed by atoms with Crippen molar-refractivity contribution < 1.29 is 14.5 Å². The maximum atomic E-state index is 11.7. The molecule has 1 rings (SSSR count). The molecule has 0 bridgehead atoms. The Bertz CT molecular complexity index is 456. The second kappa shape index (κ2) is 7.27. The Kier molecular flexibility index (Phi) is 5.69. The molecule has 0 saturated carbocycles. The van der Waals surface area contributed by atoms with Crippen LogP contribution in [-0.4, -0.2) is 23.5 Å². The highest BCUT2D eigenvalue weighted by Gasteiger charge is 2.13. The molecule has 0 aromatic heterocycles. The van der Waals surface area contributed by atoms with Gasteiger partial charge in [-0.3, -0.25) is 14.9 Å². The van der Waals surface area contributed by atoms with E-state index in [9.17, 15) is 14.9 Å². The number of amides is 1. The monoisotopic (exact) mass is 264 g/mol. The fourth-order valence-corrected chi connectivity index (χ4v) is 1.31. The number of nitrogens with zero attached hydrogens (tertiary/aromatic N) is 1. The molecule has 1 unspecified atom stereocenters. The van der Waals surface area contributed by atoms with Crippen LogP contribution in [0.5, 0.6) is 0 Å². The van der Waals surface area contributed by atoms with Crippen LogP contribution in [0.3, 0.4) is 0 Å². The van der Waals surface area contributed by atoms with Gasteiger partial charge in [-0.25, -0.2) is 0 Å². The summed E-state index contributed by atoms with van der Waals surface area (Å²) in [4.78, 5) is 21.7. The molecular weight excluding hydrogens is 248 g/mol. The van der Waals surface area contributed by atoms with Crippen molar-refractivity contribution >= 4 is 17.3 Å². The Hall–Kier alpha value is -2.21. The number of ether oxygens (including phenoxy) is 1. The van der Waals surface area contributed by atoms with Crippen molar-refractivity contribution in [3.63, 3.8) is 0 Å². The first-order valence-corrected chi connectivity index (χ1v) is 5.82. The van der Waals surface area contributed by atoms with E-state index in [0.29, 0.717) is 18.7 Å². The number of carbonyl (C=O) groups excluding carboxylic acids is 1. The largest absolute Gasteiger partial charge is 0.368 e. The molecule has 1 aromatic rings. The zero-order valence-corrected chi connectivity index (χ0v) is 10.7. The van der Waals surface area contributed by atoms with E-state index in [-0.39, 0.29) is 11.6 Å². The minimum atomic E-state index is -0.588. The van der Waals surface area contributed by atoms with E-state index in [1.807, 2.05) is 0 Å². The summed E-state index contributed by atoms with van der Waals surface area (Å²) in [6.45, 7) is 5.63. The van der Waals surface area contributed by atoms with Gasteiger partial charge in [0.05, 0.1) is 11.5 Å². The second-order valence-corrected chi connectivity index (χ2v) is 3.88. The fourth-order valence-electron chi connectivity index (χ4n) is 1.31. The van der Waals surface area contributed by atoms with Crippen LogP contribution in [0, 0.1) is 10.1 Å². The van der Waals surface area contributed by atoms with Crippen molar-refractivity contribution in [2.24, 2.45) is 0 Å². The molecule has 1 N–H and O–H groups in total. The number of carbonyl (C=O) groups is 1. The molecule has 0 spiro atoms. The van der Waals surface area contributed by atoms with E-state index in [2.05, 4.69) is 11.9 Å². The quantitative estimate of drug-likeness (QED) is 0.355. The van der Waals surface area contributed by atoms with Crippen LogP contribution < -0.4 is 5.32 Å². The summed E-state index contributed by atoms with van der Waals surface area (Å²) in [7, 11) is 0. The lowest BCUT2D eigenvalue weighted by molar-refractivity contribution is -0.384. The zero-order chi connectivity index (χ0) is 14.3. The molecule has 19 heavy (non-hydrogen) atoms. The minimum absolute atomic E-state index is 0.0201. The highest BCUT2D eigenvalue weighted by atomic mass is 16.6. The average Bonchev–Trinajstić information content (AvgIpc) is 2.39. The number of nitro groups is 1. The standard InChI is InChI=1S/C13H16N2O4/c1-3-4-9-19-10(2)13(16)14-11-5-7-12(8-6-11)15(17)18/h3,5-8,10H,1,4,9H2,2H3,(H,14,16). The molecule has 6 nitrogen and oxygen atoms in total. The molecule has 6 heteroatoms. The van der Waals surface area contributed by atoms with Crippen LogP contribution >= 0.6 is 0 Å². The summed E-state index contributed by atoms with van der Waals surface area (Å²) in [5.74, 6) is -0.294. The lowest BCUT2D eigenvalue weighted by Crippen LogP contribution is -2.27. The highest BCUT2D eigenvalue weighted by Crippen LogP contribution is 2.15. The SMILES string of the molecule is C=CCCOC(C)C(=O)Nc1ccc([N+](=O)[O-])cc1. The summed E-state index contributed by atoms with van der Waals surface area (Å²) in [5.41, 5.74) is 0.475. The summed E-state index contributed by atoms with van der Waals surface area (Å²) in [6, 6.07) is 5.62. The van der Waals surface area contributed by atoms with E-state index in [0.717, 1.165) is 0 Å². The van der Waals surface area contributed by atoms with Gasteiger partial charge in [0.2, 0.25) is 0 Å². The second-order valence-electron chi connectivity index (χ2n) is 3.88. The predicted octanol–water partition coefficient (Wildman–Crippen LogP) is 2.51. The maximum Gasteiger partial charge on any atom is 0.269 e. The van der Waals surface area contributed by atoms with Crippen LogP contribution in [0.15, 0.2) is 36.9 Å². The molecule has 1 aromatic carbocycles. The molecule has 0 radical (unpaired) electrons. The number of hydrogen-bond acceptors (Lipinski definition) is 4. The molecule has 0 fully saturated rings. The molecule has 1 atom stereocenters. The third-order valence-electron chi connectivity index (χ3n) is 2.40. The molecule has 0 saturated heterocycles. The molecule has 1 amide bonds. The Labute approximate surface area is 111 Å². The normalized spacial score (nSPS) is 11.6. The minimum Gasteiger partial charge on any atom is -0.368 e. The number of rotatable bonds is 7. The van der Waals surface area contributed by atoms with Crippen LogP contribution in [-0.2, 0) is 9.53 Å². The van der Waals surface area contributed by atoms with Crippen molar-refractivity contribution in [2.45, 2.75) is 19.4 Å². The molecule has 0 aliphatic carbocycles. The number of nitrogens with one attached hydrogen (secondary N) is 1. The Morgan fingerprint density at radius 1 is 1.53 bits per heavy atom. The first-order valence-electron chi connectivity index (χ1n) is 5.82. The van der Waals surface area contributed by atoms with E-state index in [4.69, 9.17) is 4.74 Å². The van der Waals surface area contributed by atoms with Crippen molar-refractivity contribution in [3.8, 4) is 0 Å². The first kappa shape index (κ1) is 14.8. The Balaban J connectivity index is 2.51. The van der Waals surface area contributed by atoms with Crippen molar-refractivity contribution in [3.05, 3.63) is 47.0 Å². The van der Waals surface area contributed by atoms with Crippen molar-refractivity contribution in [2.75, 3.05) is 11.9 Å². The number of benzene rings is 1.